The van der Waals surface area contributed by atoms with Crippen LogP contribution in [0.3, 0.4) is 0 Å². The van der Waals surface area contributed by atoms with Gasteiger partial charge in [-0.15, -0.1) is 5.10 Å². The van der Waals surface area contributed by atoms with Crippen molar-refractivity contribution in [1.82, 2.24) is 19.9 Å². The number of nitrogens with zero attached hydrogens (tertiary/aromatic N) is 4. The first-order chi connectivity index (χ1) is 9.20. The normalized spacial score (nSPS) is 19.2. The highest BCUT2D eigenvalue weighted by molar-refractivity contribution is 5.78. The topological polar surface area (TPSA) is 77.3 Å². The molecule has 1 saturated heterocycles. The number of hydrogen-bond acceptors (Lipinski definition) is 5. The van der Waals surface area contributed by atoms with Crippen LogP contribution in [0.15, 0.2) is 12.4 Å². The Hall–Kier alpha value is -1.92. The van der Waals surface area contributed by atoms with E-state index in [1.54, 1.807) is 22.0 Å². The maximum absolute atomic E-state index is 12.1. The second-order valence-corrected chi connectivity index (χ2v) is 4.62. The quantitative estimate of drug-likeness (QED) is 0.721. The van der Waals surface area contributed by atoms with E-state index in [0.717, 1.165) is 12.8 Å². The number of piperidine rings is 1. The molecule has 7 heteroatoms. The molecule has 0 aliphatic carbocycles. The molecule has 1 aromatic heterocycles. The van der Waals surface area contributed by atoms with Crippen LogP contribution in [0.4, 0.5) is 0 Å². The summed E-state index contributed by atoms with van der Waals surface area (Å²) in [4.78, 5) is 25.3. The molecule has 2 rings (SSSR count). The van der Waals surface area contributed by atoms with Gasteiger partial charge in [-0.25, -0.2) is 0 Å². The molecule has 7 nitrogen and oxygen atoms in total. The van der Waals surface area contributed by atoms with Crippen molar-refractivity contribution < 1.29 is 14.3 Å². The number of amides is 1. The van der Waals surface area contributed by atoms with Gasteiger partial charge in [0.1, 0.15) is 0 Å². The molecule has 1 atom stereocenters. The van der Waals surface area contributed by atoms with Crippen molar-refractivity contribution in [1.29, 1.82) is 0 Å². The summed E-state index contributed by atoms with van der Waals surface area (Å²) in [5.41, 5.74) is 0. The van der Waals surface area contributed by atoms with Crippen LogP contribution in [0.25, 0.3) is 0 Å². The van der Waals surface area contributed by atoms with E-state index in [1.165, 1.54) is 7.11 Å². The van der Waals surface area contributed by atoms with Crippen LogP contribution in [-0.2, 0) is 20.9 Å². The molecule has 0 spiro atoms. The standard InChI is InChI=1S/C12H18N4O3/c1-19-12(18)10-3-2-6-15(9-10)11(17)4-7-16-8-5-13-14-16/h5,8,10H,2-4,6-7,9H2,1H3. The number of rotatable bonds is 4. The highest BCUT2D eigenvalue weighted by atomic mass is 16.5. The molecule has 1 aliphatic rings. The second kappa shape index (κ2) is 6.31. The van der Waals surface area contributed by atoms with E-state index in [2.05, 4.69) is 10.3 Å². The minimum atomic E-state index is -0.228. The zero-order chi connectivity index (χ0) is 13.7. The van der Waals surface area contributed by atoms with Gasteiger partial charge in [0.05, 0.1) is 25.8 Å². The molecule has 1 unspecified atom stereocenters. The van der Waals surface area contributed by atoms with E-state index >= 15 is 0 Å². The lowest BCUT2D eigenvalue weighted by molar-refractivity contribution is -0.149. The van der Waals surface area contributed by atoms with Crippen molar-refractivity contribution in [2.24, 2.45) is 5.92 Å². The fourth-order valence-corrected chi connectivity index (χ4v) is 2.28. The summed E-state index contributed by atoms with van der Waals surface area (Å²) in [6.07, 6.45) is 5.31. The number of carbonyl (C=O) groups excluding carboxylic acids is 2. The molecule has 104 valence electrons. The summed E-state index contributed by atoms with van der Waals surface area (Å²) in [6.45, 7) is 1.69. The fourth-order valence-electron chi connectivity index (χ4n) is 2.28. The number of likely N-dealkylation sites (tertiary alicyclic amines) is 1. The summed E-state index contributed by atoms with van der Waals surface area (Å²) < 4.78 is 6.36. The molecule has 1 aromatic rings. The Bertz CT molecular complexity index is 432. The largest absolute Gasteiger partial charge is 0.469 e. The van der Waals surface area contributed by atoms with Crippen LogP contribution >= 0.6 is 0 Å². The van der Waals surface area contributed by atoms with Crippen molar-refractivity contribution in [2.75, 3.05) is 20.2 Å². The molecular formula is C12H18N4O3. The van der Waals surface area contributed by atoms with Gasteiger partial charge < -0.3 is 9.64 Å². The van der Waals surface area contributed by atoms with E-state index in [1.807, 2.05) is 0 Å². The van der Waals surface area contributed by atoms with E-state index in [-0.39, 0.29) is 17.8 Å². The first-order valence-electron chi connectivity index (χ1n) is 6.40. The Kier molecular flexibility index (Phi) is 4.48. The van der Waals surface area contributed by atoms with E-state index in [0.29, 0.717) is 26.1 Å². The van der Waals surface area contributed by atoms with Crippen LogP contribution < -0.4 is 0 Å². The van der Waals surface area contributed by atoms with Crippen LogP contribution in [-0.4, -0.2) is 52.0 Å². The van der Waals surface area contributed by atoms with Crippen molar-refractivity contribution in [3.63, 3.8) is 0 Å². The molecule has 0 radical (unpaired) electrons. The van der Waals surface area contributed by atoms with Gasteiger partial charge in [-0.05, 0) is 12.8 Å². The third-order valence-corrected chi connectivity index (χ3v) is 3.34. The highest BCUT2D eigenvalue weighted by Crippen LogP contribution is 2.18. The van der Waals surface area contributed by atoms with E-state index in [9.17, 15) is 9.59 Å². The Morgan fingerprint density at radius 2 is 2.32 bits per heavy atom. The lowest BCUT2D eigenvalue weighted by atomic mass is 9.98. The Balaban J connectivity index is 1.83. The summed E-state index contributed by atoms with van der Waals surface area (Å²) in [5, 5.41) is 7.50. The predicted octanol–water partition coefficient (Wildman–Crippen LogP) is 0.0798. The monoisotopic (exact) mass is 266 g/mol. The molecule has 0 saturated carbocycles. The van der Waals surface area contributed by atoms with Gasteiger partial charge in [0.2, 0.25) is 5.91 Å². The minimum absolute atomic E-state index is 0.0455. The van der Waals surface area contributed by atoms with Crippen molar-refractivity contribution in [3.05, 3.63) is 12.4 Å². The zero-order valence-corrected chi connectivity index (χ0v) is 11.0. The van der Waals surface area contributed by atoms with Gasteiger partial charge in [0, 0.05) is 25.7 Å². The molecule has 2 heterocycles. The molecule has 0 N–H and O–H groups in total. The van der Waals surface area contributed by atoms with Crippen LogP contribution in [0.1, 0.15) is 19.3 Å². The molecule has 1 fully saturated rings. The maximum atomic E-state index is 12.1. The van der Waals surface area contributed by atoms with Gasteiger partial charge in [0.25, 0.3) is 0 Å². The highest BCUT2D eigenvalue weighted by Gasteiger charge is 2.28. The average Bonchev–Trinajstić information content (AvgIpc) is 2.97. The molecule has 1 amide bonds. The summed E-state index contributed by atoms with van der Waals surface area (Å²) >= 11 is 0. The Morgan fingerprint density at radius 3 is 3.00 bits per heavy atom. The van der Waals surface area contributed by atoms with Gasteiger partial charge in [-0.2, -0.15) is 0 Å². The number of carbonyl (C=O) groups is 2. The first-order valence-corrected chi connectivity index (χ1v) is 6.40. The number of methoxy groups -OCH3 is 1. The SMILES string of the molecule is COC(=O)C1CCCN(C(=O)CCn2ccnn2)C1. The predicted molar refractivity (Wildman–Crippen MR) is 66.0 cm³/mol. The summed E-state index contributed by atoms with van der Waals surface area (Å²) in [5.74, 6) is -0.369. The summed E-state index contributed by atoms with van der Waals surface area (Å²) in [6, 6.07) is 0. The molecule has 19 heavy (non-hydrogen) atoms. The first kappa shape index (κ1) is 13.5. The lowest BCUT2D eigenvalue weighted by Crippen LogP contribution is -2.42. The van der Waals surface area contributed by atoms with Crippen LogP contribution in [0.2, 0.25) is 0 Å². The average molecular weight is 266 g/mol. The zero-order valence-electron chi connectivity index (χ0n) is 11.0. The van der Waals surface area contributed by atoms with Crippen LogP contribution in [0, 0.1) is 5.92 Å². The van der Waals surface area contributed by atoms with Crippen LogP contribution in [0.5, 0.6) is 0 Å². The number of ether oxygens (including phenoxy) is 1. The lowest BCUT2D eigenvalue weighted by Gasteiger charge is -2.31. The third kappa shape index (κ3) is 3.52. The molecular weight excluding hydrogens is 248 g/mol. The molecule has 0 bridgehead atoms. The number of hydrogen-bond donors (Lipinski definition) is 0. The van der Waals surface area contributed by atoms with Gasteiger partial charge in [-0.1, -0.05) is 5.21 Å². The number of aromatic nitrogens is 3. The van der Waals surface area contributed by atoms with Crippen molar-refractivity contribution in [2.45, 2.75) is 25.8 Å². The smallest absolute Gasteiger partial charge is 0.310 e. The van der Waals surface area contributed by atoms with Gasteiger partial charge in [-0.3, -0.25) is 14.3 Å². The Morgan fingerprint density at radius 1 is 1.47 bits per heavy atom. The maximum Gasteiger partial charge on any atom is 0.310 e. The second-order valence-electron chi connectivity index (χ2n) is 4.62. The summed E-state index contributed by atoms with van der Waals surface area (Å²) in [7, 11) is 1.38. The number of esters is 1. The van der Waals surface area contributed by atoms with E-state index < -0.39 is 0 Å². The van der Waals surface area contributed by atoms with Crippen molar-refractivity contribution >= 4 is 11.9 Å². The fraction of sp³-hybridized carbons (Fsp3) is 0.667. The van der Waals surface area contributed by atoms with Crippen molar-refractivity contribution in [3.8, 4) is 0 Å². The molecule has 0 aromatic carbocycles. The number of aryl methyl sites for hydroxylation is 1. The molecule has 1 aliphatic heterocycles. The van der Waals surface area contributed by atoms with Gasteiger partial charge in [0.15, 0.2) is 0 Å². The van der Waals surface area contributed by atoms with E-state index in [4.69, 9.17) is 4.74 Å². The minimum Gasteiger partial charge on any atom is -0.469 e. The third-order valence-electron chi connectivity index (χ3n) is 3.34. The van der Waals surface area contributed by atoms with Gasteiger partial charge >= 0.3 is 5.97 Å². The Labute approximate surface area is 111 Å².